The number of morpholine rings is 1. The molecule has 2 aromatic carbocycles. The van der Waals surface area contributed by atoms with E-state index in [1.54, 1.807) is 7.11 Å². The van der Waals surface area contributed by atoms with E-state index in [9.17, 15) is 4.79 Å². The summed E-state index contributed by atoms with van der Waals surface area (Å²) < 4.78 is 10.8. The molecule has 1 N–H and O–H groups in total. The Hall–Kier alpha value is -2.21. The van der Waals surface area contributed by atoms with Crippen molar-refractivity contribution in [2.24, 2.45) is 0 Å². The summed E-state index contributed by atoms with van der Waals surface area (Å²) in [5, 5.41) is 3.03. The van der Waals surface area contributed by atoms with Crippen LogP contribution in [0.4, 0.5) is 5.69 Å². The zero-order valence-corrected chi connectivity index (χ0v) is 14.5. The van der Waals surface area contributed by atoms with Crippen molar-refractivity contribution in [2.45, 2.75) is 12.6 Å². The zero-order chi connectivity index (χ0) is 17.5. The molecule has 132 valence electrons. The lowest BCUT2D eigenvalue weighted by molar-refractivity contribution is -0.126. The fraction of sp³-hybridized carbons (Fsp3) is 0.350. The van der Waals surface area contributed by atoms with Crippen molar-refractivity contribution in [1.29, 1.82) is 0 Å². The molecule has 0 radical (unpaired) electrons. The Labute approximate surface area is 148 Å². The first-order valence-electron chi connectivity index (χ1n) is 8.54. The second-order valence-corrected chi connectivity index (χ2v) is 6.06. The number of rotatable bonds is 6. The molecule has 0 bridgehead atoms. The van der Waals surface area contributed by atoms with E-state index in [0.29, 0.717) is 0 Å². The lowest BCUT2D eigenvalue weighted by Crippen LogP contribution is -2.36. The van der Waals surface area contributed by atoms with Crippen LogP contribution in [0.15, 0.2) is 54.6 Å². The number of carbonyl (C=O) groups is 1. The van der Waals surface area contributed by atoms with Crippen molar-refractivity contribution in [3.8, 4) is 0 Å². The third-order valence-electron chi connectivity index (χ3n) is 4.35. The summed E-state index contributed by atoms with van der Waals surface area (Å²) in [6, 6.07) is 17.4. The predicted octanol–water partition coefficient (Wildman–Crippen LogP) is 2.85. The van der Waals surface area contributed by atoms with Crippen LogP contribution in [0.3, 0.4) is 0 Å². The van der Waals surface area contributed by atoms with Crippen molar-refractivity contribution in [3.05, 3.63) is 65.7 Å². The average molecular weight is 340 g/mol. The van der Waals surface area contributed by atoms with Crippen molar-refractivity contribution < 1.29 is 14.3 Å². The minimum Gasteiger partial charge on any atom is -0.379 e. The van der Waals surface area contributed by atoms with Crippen LogP contribution < -0.4 is 5.32 Å². The Kier molecular flexibility index (Phi) is 6.17. The highest BCUT2D eigenvalue weighted by molar-refractivity contribution is 5.95. The predicted molar refractivity (Wildman–Crippen MR) is 97.4 cm³/mol. The van der Waals surface area contributed by atoms with Gasteiger partial charge in [0.15, 0.2) is 6.10 Å². The summed E-state index contributed by atoms with van der Waals surface area (Å²) in [6.45, 7) is 4.13. The van der Waals surface area contributed by atoms with Gasteiger partial charge in [0.25, 0.3) is 5.91 Å². The van der Waals surface area contributed by atoms with E-state index in [2.05, 4.69) is 16.3 Å². The van der Waals surface area contributed by atoms with E-state index in [1.807, 2.05) is 48.5 Å². The minimum atomic E-state index is -0.627. The van der Waals surface area contributed by atoms with Crippen molar-refractivity contribution in [1.82, 2.24) is 4.90 Å². The zero-order valence-electron chi connectivity index (χ0n) is 14.5. The summed E-state index contributed by atoms with van der Waals surface area (Å²) in [5.41, 5.74) is 2.77. The van der Waals surface area contributed by atoms with Gasteiger partial charge in [-0.15, -0.1) is 0 Å². The molecular formula is C20H24N2O3. The number of nitrogens with one attached hydrogen (secondary N) is 1. The Balaban J connectivity index is 1.72. The Morgan fingerprint density at radius 3 is 2.52 bits per heavy atom. The van der Waals surface area contributed by atoms with E-state index >= 15 is 0 Å². The first kappa shape index (κ1) is 17.6. The molecule has 2 aromatic rings. The minimum absolute atomic E-state index is 0.164. The van der Waals surface area contributed by atoms with Gasteiger partial charge in [0.1, 0.15) is 0 Å². The van der Waals surface area contributed by atoms with E-state index in [4.69, 9.17) is 9.47 Å². The fourth-order valence-corrected chi connectivity index (χ4v) is 3.00. The molecule has 5 nitrogen and oxygen atoms in total. The molecule has 1 aliphatic rings. The molecule has 0 aliphatic carbocycles. The highest BCUT2D eigenvalue weighted by atomic mass is 16.5. The second-order valence-electron chi connectivity index (χ2n) is 6.06. The number of amides is 1. The van der Waals surface area contributed by atoms with Gasteiger partial charge < -0.3 is 14.8 Å². The van der Waals surface area contributed by atoms with Gasteiger partial charge in [0.05, 0.1) is 13.2 Å². The quantitative estimate of drug-likeness (QED) is 0.878. The lowest BCUT2D eigenvalue weighted by atomic mass is 10.1. The largest absolute Gasteiger partial charge is 0.379 e. The van der Waals surface area contributed by atoms with Gasteiger partial charge in [-0.3, -0.25) is 9.69 Å². The second kappa shape index (κ2) is 8.76. The van der Waals surface area contributed by atoms with Crippen LogP contribution in [0.2, 0.25) is 0 Å². The molecule has 1 fully saturated rings. The molecule has 1 atom stereocenters. The van der Waals surface area contributed by atoms with Gasteiger partial charge in [-0.05, 0) is 17.2 Å². The van der Waals surface area contributed by atoms with Gasteiger partial charge in [-0.25, -0.2) is 0 Å². The molecule has 0 saturated carbocycles. The molecule has 5 heteroatoms. The standard InChI is InChI=1S/C20H24N2O3/c1-24-19(16-7-3-2-4-8-16)20(23)21-18-10-6-5-9-17(18)15-22-11-13-25-14-12-22/h2-10,19H,11-15H2,1H3,(H,21,23). The van der Waals surface area contributed by atoms with Gasteiger partial charge in [-0.2, -0.15) is 0 Å². The number of ether oxygens (including phenoxy) is 2. The molecule has 1 aliphatic heterocycles. The van der Waals surface area contributed by atoms with Crippen LogP contribution in [-0.4, -0.2) is 44.2 Å². The van der Waals surface area contributed by atoms with Crippen molar-refractivity contribution >= 4 is 11.6 Å². The molecule has 1 amide bonds. The smallest absolute Gasteiger partial charge is 0.258 e. The molecule has 1 unspecified atom stereocenters. The monoisotopic (exact) mass is 340 g/mol. The average Bonchev–Trinajstić information content (AvgIpc) is 2.66. The van der Waals surface area contributed by atoms with E-state index in [0.717, 1.165) is 49.7 Å². The first-order valence-corrected chi connectivity index (χ1v) is 8.54. The van der Waals surface area contributed by atoms with E-state index in [1.165, 1.54) is 0 Å². The molecule has 3 rings (SSSR count). The van der Waals surface area contributed by atoms with Crippen LogP contribution in [0, 0.1) is 0 Å². The van der Waals surface area contributed by atoms with Gasteiger partial charge in [0.2, 0.25) is 0 Å². The van der Waals surface area contributed by atoms with Gasteiger partial charge in [0, 0.05) is 32.4 Å². The molecule has 0 spiro atoms. The number of carbonyl (C=O) groups excluding carboxylic acids is 1. The SMILES string of the molecule is COC(C(=O)Nc1ccccc1CN1CCOCC1)c1ccccc1. The Bertz CT molecular complexity index is 684. The van der Waals surface area contributed by atoms with Gasteiger partial charge in [-0.1, -0.05) is 48.5 Å². The van der Waals surface area contributed by atoms with Crippen molar-refractivity contribution in [2.75, 3.05) is 38.7 Å². The molecule has 25 heavy (non-hydrogen) atoms. The van der Waals surface area contributed by atoms with Crippen LogP contribution in [0.1, 0.15) is 17.2 Å². The third kappa shape index (κ3) is 4.66. The number of hydrogen-bond donors (Lipinski definition) is 1. The molecule has 0 aromatic heterocycles. The first-order chi connectivity index (χ1) is 12.3. The van der Waals surface area contributed by atoms with E-state index < -0.39 is 6.10 Å². The third-order valence-corrected chi connectivity index (χ3v) is 4.35. The van der Waals surface area contributed by atoms with Gasteiger partial charge >= 0.3 is 0 Å². The molecule has 1 heterocycles. The van der Waals surface area contributed by atoms with Crippen LogP contribution >= 0.6 is 0 Å². The number of hydrogen-bond acceptors (Lipinski definition) is 4. The highest BCUT2D eigenvalue weighted by Crippen LogP contribution is 2.22. The summed E-state index contributed by atoms with van der Waals surface area (Å²) in [5.74, 6) is -0.164. The summed E-state index contributed by atoms with van der Waals surface area (Å²) >= 11 is 0. The highest BCUT2D eigenvalue weighted by Gasteiger charge is 2.21. The number of benzene rings is 2. The summed E-state index contributed by atoms with van der Waals surface area (Å²) in [6.07, 6.45) is -0.627. The normalized spacial score (nSPS) is 16.4. The fourth-order valence-electron chi connectivity index (χ4n) is 3.00. The van der Waals surface area contributed by atoms with Crippen molar-refractivity contribution in [3.63, 3.8) is 0 Å². The topological polar surface area (TPSA) is 50.8 Å². The maximum Gasteiger partial charge on any atom is 0.258 e. The number of methoxy groups -OCH3 is 1. The molecule has 1 saturated heterocycles. The van der Waals surface area contributed by atoms with Crippen LogP contribution in [0.25, 0.3) is 0 Å². The van der Waals surface area contributed by atoms with Crippen LogP contribution in [-0.2, 0) is 20.8 Å². The Morgan fingerprint density at radius 1 is 1.12 bits per heavy atom. The number of para-hydroxylation sites is 1. The summed E-state index contributed by atoms with van der Waals surface area (Å²) in [7, 11) is 1.55. The van der Waals surface area contributed by atoms with Crippen LogP contribution in [0.5, 0.6) is 0 Å². The maximum absolute atomic E-state index is 12.7. The molecular weight excluding hydrogens is 316 g/mol. The maximum atomic E-state index is 12.7. The number of nitrogens with zero attached hydrogens (tertiary/aromatic N) is 1. The summed E-state index contributed by atoms with van der Waals surface area (Å²) in [4.78, 5) is 15.1. The number of anilines is 1. The Morgan fingerprint density at radius 2 is 1.80 bits per heavy atom. The van der Waals surface area contributed by atoms with E-state index in [-0.39, 0.29) is 5.91 Å². The lowest BCUT2D eigenvalue weighted by Gasteiger charge is -2.27.